The number of amides is 2. The SMILES string of the molecule is C.COC([NH-])=O.COC([NH-])=O.[CH2-]P[C-]=O.[CH2-]P[C-]=O.[V+2].[V+2].[W+2]. The first-order valence-corrected chi connectivity index (χ1v) is 6.16. The van der Waals surface area contributed by atoms with Gasteiger partial charge in [-0.15, -0.1) is 0 Å². The van der Waals surface area contributed by atoms with E-state index in [0.717, 1.165) is 14.2 Å². The van der Waals surface area contributed by atoms with Gasteiger partial charge in [-0.05, 0) is 0 Å². The Bertz CT molecular complexity index is 210. The molecule has 0 aromatic carbocycles. The Morgan fingerprint density at radius 1 is 0.909 bits per heavy atom. The molecular formula is C9H18N2O6P2V2W. The predicted molar refractivity (Wildman–Crippen MR) is 78.9 cm³/mol. The van der Waals surface area contributed by atoms with Crippen molar-refractivity contribution in [2.24, 2.45) is 0 Å². The first-order valence-electron chi connectivity index (χ1n) is 3.75. The zero-order valence-electron chi connectivity index (χ0n) is 11.2. The van der Waals surface area contributed by atoms with E-state index in [2.05, 4.69) is 22.8 Å². The fraction of sp³-hybridized carbons (Fsp3) is 0.333. The molecule has 0 bridgehead atoms. The molecule has 0 spiro atoms. The molecule has 126 valence electrons. The molecule has 0 rings (SSSR count). The molecule has 2 amide bonds. The predicted octanol–water partition coefficient (Wildman–Crippen LogP) is 3.29. The second-order valence-corrected chi connectivity index (χ2v) is 2.66. The summed E-state index contributed by atoms with van der Waals surface area (Å²) in [6.45, 7) is 6.42. The Balaban J connectivity index is -0.0000000188. The van der Waals surface area contributed by atoms with Gasteiger partial charge in [0, 0.05) is 0 Å². The van der Waals surface area contributed by atoms with Crippen molar-refractivity contribution in [3.63, 3.8) is 0 Å². The number of hydrogen-bond donors (Lipinski definition) is 0. The quantitative estimate of drug-likeness (QED) is 0.354. The van der Waals surface area contributed by atoms with Crippen molar-refractivity contribution in [3.05, 3.63) is 24.8 Å². The molecule has 22 heavy (non-hydrogen) atoms. The maximum atomic E-state index is 9.26. The number of carbonyl (C=O) groups is 2. The molecule has 0 aliphatic rings. The second-order valence-electron chi connectivity index (χ2n) is 1.54. The number of methoxy groups -OCH3 is 2. The normalized spacial score (nSPS) is 6.36. The smallest absolute Gasteiger partial charge is 0.632 e. The standard InChI is InChI=1S/2C2H5NO2.2C2H3OP.CH4.2V.W/c2*1-5-2(3)4;2*1-4-2-3;;;;/h2*1H3,(H2,3,4);2*4H,1H2;1H4;;;/q;;2*-2;;3*+2/p-2. The molecule has 0 saturated heterocycles. The topological polar surface area (TPSA) is 134 Å². The van der Waals surface area contributed by atoms with E-state index in [-0.39, 0.29) is 82.8 Å². The van der Waals surface area contributed by atoms with Gasteiger partial charge in [0.1, 0.15) is 0 Å². The summed E-state index contributed by atoms with van der Waals surface area (Å²) in [5.41, 5.74) is 11.9. The summed E-state index contributed by atoms with van der Waals surface area (Å²) < 4.78 is 7.56. The zero-order chi connectivity index (χ0) is 15.4. The molecule has 2 atom stereocenters. The molecule has 0 fully saturated rings. The molecule has 0 heterocycles. The van der Waals surface area contributed by atoms with E-state index in [1.165, 1.54) is 0 Å². The Hall–Kier alpha value is 0.597. The summed E-state index contributed by atoms with van der Waals surface area (Å²) in [4.78, 5) is 36.5. The summed E-state index contributed by atoms with van der Waals surface area (Å²) >= 11 is 0. The van der Waals surface area contributed by atoms with Crippen molar-refractivity contribution in [2.75, 3.05) is 14.2 Å². The Morgan fingerprint density at radius 2 is 1.00 bits per heavy atom. The van der Waals surface area contributed by atoms with Gasteiger partial charge in [-0.3, -0.25) is 21.6 Å². The number of ether oxygens (including phenoxy) is 2. The van der Waals surface area contributed by atoms with Crippen LogP contribution >= 0.6 is 17.2 Å². The van der Waals surface area contributed by atoms with E-state index >= 15 is 0 Å². The van der Waals surface area contributed by atoms with Crippen molar-refractivity contribution in [2.45, 2.75) is 7.43 Å². The zero-order valence-corrected chi connectivity index (χ0v) is 18.9. The van der Waals surface area contributed by atoms with Crippen LogP contribution in [0, 0.1) is 13.3 Å². The van der Waals surface area contributed by atoms with Crippen LogP contribution in [0.3, 0.4) is 0 Å². The Kier molecular flexibility index (Phi) is 130. The van der Waals surface area contributed by atoms with Crippen molar-refractivity contribution in [1.82, 2.24) is 0 Å². The van der Waals surface area contributed by atoms with Crippen molar-refractivity contribution >= 4 is 41.4 Å². The van der Waals surface area contributed by atoms with E-state index in [1.807, 2.05) is 0 Å². The van der Waals surface area contributed by atoms with Crippen LogP contribution in [-0.2, 0) is 77.2 Å². The van der Waals surface area contributed by atoms with Crippen molar-refractivity contribution in [3.8, 4) is 0 Å². The van der Waals surface area contributed by atoms with Crippen LogP contribution in [0.4, 0.5) is 9.59 Å². The van der Waals surface area contributed by atoms with Crippen LogP contribution in [0.25, 0.3) is 11.5 Å². The average molecular weight is 598 g/mol. The molecule has 0 saturated carbocycles. The van der Waals surface area contributed by atoms with Gasteiger partial charge in [0.2, 0.25) is 12.2 Å². The minimum absolute atomic E-state index is 0. The largest absolute Gasteiger partial charge is 2.00 e. The molecule has 0 aliphatic heterocycles. The fourth-order valence-corrected chi connectivity index (χ4v) is 0. The summed E-state index contributed by atoms with van der Waals surface area (Å²) in [5.74, 6) is 0. The summed E-state index contributed by atoms with van der Waals surface area (Å²) in [6, 6.07) is 3.19. The van der Waals surface area contributed by atoms with E-state index in [4.69, 9.17) is 21.1 Å². The second kappa shape index (κ2) is 57.7. The van der Waals surface area contributed by atoms with Crippen LogP contribution in [0.15, 0.2) is 0 Å². The average Bonchev–Trinajstić information content (AvgIpc) is 2.39. The Morgan fingerprint density at radius 3 is 1.00 bits per heavy atom. The van der Waals surface area contributed by atoms with E-state index in [0.29, 0.717) is 0 Å². The van der Waals surface area contributed by atoms with Gasteiger partial charge < -0.3 is 61.0 Å². The maximum Gasteiger partial charge on any atom is 2.00 e. The molecule has 0 aromatic heterocycles. The molecule has 8 nitrogen and oxygen atoms in total. The molecule has 0 aromatic rings. The molecule has 2 unspecified atom stereocenters. The van der Waals surface area contributed by atoms with Crippen molar-refractivity contribution in [1.29, 1.82) is 0 Å². The number of carbonyl (C=O) groups excluding carboxylic acids is 4. The third-order valence-electron chi connectivity index (χ3n) is 0.515. The molecular weight excluding hydrogens is 580 g/mol. The van der Waals surface area contributed by atoms with Crippen LogP contribution in [-0.4, -0.2) is 38.5 Å². The van der Waals surface area contributed by atoms with Gasteiger partial charge in [0.15, 0.2) is 0 Å². The minimum Gasteiger partial charge on any atom is -0.632 e. The van der Waals surface area contributed by atoms with Gasteiger partial charge in [-0.2, -0.15) is 0 Å². The van der Waals surface area contributed by atoms with Crippen LogP contribution in [0.5, 0.6) is 0 Å². The fourth-order valence-electron chi connectivity index (χ4n) is 0. The summed E-state index contributed by atoms with van der Waals surface area (Å²) in [5, 5.41) is 0. The maximum absolute atomic E-state index is 9.26. The van der Waals surface area contributed by atoms with E-state index in [9.17, 15) is 9.59 Å². The van der Waals surface area contributed by atoms with Gasteiger partial charge in [-0.25, -0.2) is 0 Å². The molecule has 2 N–H and O–H groups in total. The number of hydrogen-bond acceptors (Lipinski definition) is 6. The third-order valence-corrected chi connectivity index (χ3v) is 0.804. The van der Waals surface area contributed by atoms with E-state index in [1.54, 1.807) is 12.1 Å². The Labute approximate surface area is 173 Å². The van der Waals surface area contributed by atoms with Gasteiger partial charge in [-0.1, -0.05) is 7.43 Å². The minimum atomic E-state index is -0.995. The van der Waals surface area contributed by atoms with Gasteiger partial charge in [0.25, 0.3) is 0 Å². The molecule has 0 aliphatic carbocycles. The summed E-state index contributed by atoms with van der Waals surface area (Å²) in [7, 11) is 2.49. The summed E-state index contributed by atoms with van der Waals surface area (Å²) in [6.07, 6.45) is -1.99. The van der Waals surface area contributed by atoms with Crippen LogP contribution in [0.1, 0.15) is 7.43 Å². The van der Waals surface area contributed by atoms with Gasteiger partial charge in [0.05, 0.1) is 14.2 Å². The monoisotopic (exact) mass is 598 g/mol. The van der Waals surface area contributed by atoms with E-state index < -0.39 is 12.2 Å². The first-order chi connectivity index (χ1) is 8.37. The first kappa shape index (κ1) is 49.5. The number of rotatable bonds is 2. The van der Waals surface area contributed by atoms with Crippen LogP contribution < -0.4 is 0 Å². The van der Waals surface area contributed by atoms with Crippen molar-refractivity contribution < 1.29 is 86.8 Å². The third kappa shape index (κ3) is 182. The molecule has 13 heteroatoms. The number of nitrogens with one attached hydrogen (secondary N) is 2. The van der Waals surface area contributed by atoms with Crippen LogP contribution in [0.2, 0.25) is 0 Å². The van der Waals surface area contributed by atoms with Gasteiger partial charge >= 0.3 is 58.2 Å². The molecule has 2 radical (unpaired) electrons.